The molecule has 1 amide bonds. The fraction of sp³-hybridized carbons (Fsp3) is 0.381. The molecule has 0 radical (unpaired) electrons. The van der Waals surface area contributed by atoms with Crippen LogP contribution in [-0.4, -0.2) is 48.8 Å². The molecule has 2 aliphatic heterocycles. The van der Waals surface area contributed by atoms with E-state index in [1.807, 2.05) is 18.1 Å². The van der Waals surface area contributed by atoms with Gasteiger partial charge in [-0.25, -0.2) is 4.98 Å². The van der Waals surface area contributed by atoms with Gasteiger partial charge in [0, 0.05) is 25.4 Å². The molecular weight excluding hydrogens is 354 g/mol. The highest BCUT2D eigenvalue weighted by Crippen LogP contribution is 2.35. The van der Waals surface area contributed by atoms with Crippen molar-refractivity contribution < 1.29 is 9.53 Å². The van der Waals surface area contributed by atoms with E-state index >= 15 is 0 Å². The van der Waals surface area contributed by atoms with Gasteiger partial charge >= 0.3 is 0 Å². The van der Waals surface area contributed by atoms with E-state index in [1.165, 1.54) is 5.56 Å². The van der Waals surface area contributed by atoms with Gasteiger partial charge < -0.3 is 14.2 Å². The second-order valence-corrected chi connectivity index (χ2v) is 7.84. The molecule has 7 heteroatoms. The van der Waals surface area contributed by atoms with E-state index < -0.39 is 0 Å². The third kappa shape index (κ3) is 2.82. The number of fused-ring (bicyclic) bond motifs is 1. The summed E-state index contributed by atoms with van der Waals surface area (Å²) < 4.78 is 10.2. The van der Waals surface area contributed by atoms with Crippen molar-refractivity contribution in [2.45, 2.75) is 32.1 Å². The van der Waals surface area contributed by atoms with Crippen LogP contribution in [0.4, 0.5) is 0 Å². The Morgan fingerprint density at radius 3 is 2.93 bits per heavy atom. The van der Waals surface area contributed by atoms with Gasteiger partial charge in [-0.3, -0.25) is 9.48 Å². The molecule has 28 heavy (non-hydrogen) atoms. The van der Waals surface area contributed by atoms with Crippen molar-refractivity contribution in [1.82, 2.24) is 24.2 Å². The van der Waals surface area contributed by atoms with Crippen LogP contribution in [0.15, 0.2) is 42.7 Å². The van der Waals surface area contributed by atoms with E-state index in [4.69, 9.17) is 4.74 Å². The lowest BCUT2D eigenvalue weighted by molar-refractivity contribution is -0.0804. The van der Waals surface area contributed by atoms with E-state index in [9.17, 15) is 4.79 Å². The first kappa shape index (κ1) is 17.2. The molecule has 7 nitrogen and oxygen atoms in total. The van der Waals surface area contributed by atoms with Crippen molar-refractivity contribution in [3.63, 3.8) is 0 Å². The lowest BCUT2D eigenvalue weighted by Gasteiger charge is -2.35. The van der Waals surface area contributed by atoms with Crippen LogP contribution in [0.5, 0.6) is 0 Å². The van der Waals surface area contributed by atoms with E-state index in [2.05, 4.69) is 45.8 Å². The van der Waals surface area contributed by atoms with E-state index in [0.717, 1.165) is 23.5 Å². The maximum absolute atomic E-state index is 12.8. The Bertz CT molecular complexity index is 1050. The minimum Gasteiger partial charge on any atom is -0.363 e. The molecule has 0 bridgehead atoms. The summed E-state index contributed by atoms with van der Waals surface area (Å²) in [6.45, 7) is 4.53. The number of nitrogens with zero attached hydrogens (tertiary/aromatic N) is 5. The zero-order chi connectivity index (χ0) is 19.3. The fourth-order valence-corrected chi connectivity index (χ4v) is 4.25. The van der Waals surface area contributed by atoms with E-state index in [0.29, 0.717) is 31.9 Å². The molecule has 1 fully saturated rings. The second kappa shape index (κ2) is 6.31. The average Bonchev–Trinajstić information content (AvgIpc) is 3.40. The molecular formula is C21H23N5O2. The molecule has 0 aliphatic carbocycles. The Kier molecular flexibility index (Phi) is 3.87. The van der Waals surface area contributed by atoms with Crippen LogP contribution in [0.25, 0.3) is 11.3 Å². The molecule has 2 aliphatic rings. The predicted octanol–water partition coefficient (Wildman–Crippen LogP) is 2.41. The molecule has 0 unspecified atom stereocenters. The van der Waals surface area contributed by atoms with Crippen molar-refractivity contribution in [2.75, 3.05) is 13.1 Å². The quantitative estimate of drug-likeness (QED) is 0.688. The second-order valence-electron chi connectivity index (χ2n) is 7.84. The van der Waals surface area contributed by atoms with Crippen LogP contribution in [0.2, 0.25) is 0 Å². The predicted molar refractivity (Wildman–Crippen MR) is 104 cm³/mol. The van der Waals surface area contributed by atoms with Crippen LogP contribution in [0, 0.1) is 6.92 Å². The standard InChI is InChI=1S/C21H23N5O2/c1-15-4-3-5-16(10-15)18-11-22-19-12-28-21(14-26(18)19)7-9-25(13-21)20(27)17-6-8-24(2)23-17/h3-6,8,10-11H,7,9,12-14H2,1-2H3/t21-/m1/s1. The van der Waals surface area contributed by atoms with Gasteiger partial charge in [0.05, 0.1) is 25.0 Å². The SMILES string of the molecule is Cc1cccc(-c2cnc3n2C[C@]2(CCN(C(=O)c4ccn(C)n4)C2)OC3)c1. The molecule has 5 rings (SSSR count). The summed E-state index contributed by atoms with van der Waals surface area (Å²) >= 11 is 0. The molecule has 1 aromatic carbocycles. The number of aromatic nitrogens is 4. The van der Waals surface area contributed by atoms with E-state index in [1.54, 1.807) is 16.9 Å². The summed E-state index contributed by atoms with van der Waals surface area (Å²) in [6.07, 6.45) is 4.54. The van der Waals surface area contributed by atoms with Crippen molar-refractivity contribution in [2.24, 2.45) is 7.05 Å². The summed E-state index contributed by atoms with van der Waals surface area (Å²) in [4.78, 5) is 19.2. The van der Waals surface area contributed by atoms with Gasteiger partial charge in [-0.05, 0) is 25.5 Å². The van der Waals surface area contributed by atoms with Crippen molar-refractivity contribution in [3.05, 3.63) is 59.8 Å². The Morgan fingerprint density at radius 2 is 2.14 bits per heavy atom. The monoisotopic (exact) mass is 377 g/mol. The van der Waals surface area contributed by atoms with Crippen molar-refractivity contribution in [1.29, 1.82) is 0 Å². The molecule has 0 saturated carbocycles. The van der Waals surface area contributed by atoms with Gasteiger partial charge in [-0.15, -0.1) is 0 Å². The van der Waals surface area contributed by atoms with Gasteiger partial charge in [0.25, 0.3) is 5.91 Å². The van der Waals surface area contributed by atoms with Gasteiger partial charge in [0.2, 0.25) is 0 Å². The first-order valence-corrected chi connectivity index (χ1v) is 9.57. The van der Waals surface area contributed by atoms with E-state index in [-0.39, 0.29) is 11.5 Å². The normalized spacial score (nSPS) is 21.3. The third-order valence-electron chi connectivity index (χ3n) is 5.74. The topological polar surface area (TPSA) is 65.2 Å². The number of imidazole rings is 1. The lowest BCUT2D eigenvalue weighted by atomic mass is 10.0. The van der Waals surface area contributed by atoms with Gasteiger partial charge in [-0.2, -0.15) is 5.10 Å². The third-order valence-corrected chi connectivity index (χ3v) is 5.74. The highest BCUT2D eigenvalue weighted by molar-refractivity contribution is 5.92. The summed E-state index contributed by atoms with van der Waals surface area (Å²) in [5.74, 6) is 0.910. The first-order chi connectivity index (χ1) is 13.5. The number of aryl methyl sites for hydroxylation is 2. The van der Waals surface area contributed by atoms with Crippen LogP contribution < -0.4 is 0 Å². The number of carbonyl (C=O) groups excluding carboxylic acids is 1. The molecule has 2 aromatic heterocycles. The maximum Gasteiger partial charge on any atom is 0.274 e. The van der Waals surface area contributed by atoms with Crippen molar-refractivity contribution in [3.8, 4) is 11.3 Å². The Morgan fingerprint density at radius 1 is 1.25 bits per heavy atom. The molecule has 1 atom stereocenters. The van der Waals surface area contributed by atoms with Crippen molar-refractivity contribution >= 4 is 5.91 Å². The smallest absolute Gasteiger partial charge is 0.274 e. The molecule has 3 aromatic rings. The number of hydrogen-bond acceptors (Lipinski definition) is 4. The summed E-state index contributed by atoms with van der Waals surface area (Å²) in [6, 6.07) is 10.2. The van der Waals surface area contributed by atoms with Gasteiger partial charge in [-0.1, -0.05) is 23.8 Å². The Hall–Kier alpha value is -2.93. The Balaban J connectivity index is 1.40. The zero-order valence-corrected chi connectivity index (χ0v) is 16.1. The first-order valence-electron chi connectivity index (χ1n) is 9.57. The number of amides is 1. The average molecular weight is 377 g/mol. The summed E-state index contributed by atoms with van der Waals surface area (Å²) in [5.41, 5.74) is 3.62. The zero-order valence-electron chi connectivity index (χ0n) is 16.1. The van der Waals surface area contributed by atoms with Gasteiger partial charge in [0.1, 0.15) is 23.7 Å². The lowest BCUT2D eigenvalue weighted by Crippen LogP contribution is -2.45. The highest BCUT2D eigenvalue weighted by Gasteiger charge is 2.45. The number of hydrogen-bond donors (Lipinski definition) is 0. The molecule has 0 N–H and O–H groups in total. The van der Waals surface area contributed by atoms with Crippen LogP contribution in [-0.2, 0) is 24.9 Å². The fourth-order valence-electron chi connectivity index (χ4n) is 4.25. The number of carbonyl (C=O) groups is 1. The molecule has 1 spiro atoms. The minimum atomic E-state index is -0.364. The molecule has 144 valence electrons. The molecule has 4 heterocycles. The Labute approximate surface area is 163 Å². The van der Waals surface area contributed by atoms with Crippen LogP contribution in [0.1, 0.15) is 28.3 Å². The number of likely N-dealkylation sites (tertiary alicyclic amines) is 1. The summed E-state index contributed by atoms with van der Waals surface area (Å²) in [7, 11) is 1.82. The minimum absolute atomic E-state index is 0.0311. The number of rotatable bonds is 2. The number of benzene rings is 1. The van der Waals surface area contributed by atoms with Crippen LogP contribution in [0.3, 0.4) is 0 Å². The maximum atomic E-state index is 12.8. The molecule has 1 saturated heterocycles. The largest absolute Gasteiger partial charge is 0.363 e. The summed E-state index contributed by atoms with van der Waals surface area (Å²) in [5, 5.41) is 4.25. The highest BCUT2D eigenvalue weighted by atomic mass is 16.5. The van der Waals surface area contributed by atoms with Crippen LogP contribution >= 0.6 is 0 Å². The number of ether oxygens (including phenoxy) is 1. The van der Waals surface area contributed by atoms with Gasteiger partial charge in [0.15, 0.2) is 0 Å².